The minimum Gasteiger partial charge on any atom is -0.396 e. The van der Waals surface area contributed by atoms with Gasteiger partial charge in [-0.3, -0.25) is 4.68 Å². The Morgan fingerprint density at radius 1 is 1.50 bits per heavy atom. The third-order valence-corrected chi connectivity index (χ3v) is 2.08. The monoisotopic (exact) mass is 189 g/mol. The smallest absolute Gasteiger partial charge is 0.0854 e. The fourth-order valence-electron chi connectivity index (χ4n) is 1.19. The molecule has 5 heteroatoms. The van der Waals surface area contributed by atoms with Crippen LogP contribution in [0.1, 0.15) is 11.4 Å². The van der Waals surface area contributed by atoms with Crippen LogP contribution in [0.5, 0.6) is 0 Å². The van der Waals surface area contributed by atoms with E-state index in [1.54, 1.807) is 17.1 Å². The van der Waals surface area contributed by atoms with Crippen LogP contribution in [-0.4, -0.2) is 20.0 Å². The van der Waals surface area contributed by atoms with Gasteiger partial charge in [-0.1, -0.05) is 0 Å². The Bertz CT molecular complexity index is 420. The highest BCUT2D eigenvalue weighted by Gasteiger charge is 2.03. The molecule has 2 heterocycles. The predicted octanol–water partition coefficient (Wildman–Crippen LogP) is 0.612. The van der Waals surface area contributed by atoms with Crippen LogP contribution in [0.2, 0.25) is 0 Å². The fraction of sp³-hybridized carbons (Fsp3) is 0.222. The molecule has 0 fully saturated rings. The quantitative estimate of drug-likeness (QED) is 0.751. The highest BCUT2D eigenvalue weighted by atomic mass is 15.3. The zero-order valence-electron chi connectivity index (χ0n) is 7.88. The predicted molar refractivity (Wildman–Crippen MR) is 52.5 cm³/mol. The lowest BCUT2D eigenvalue weighted by atomic mass is 10.3. The third kappa shape index (κ3) is 1.56. The maximum atomic E-state index is 5.67. The number of hydrogen-bond donors (Lipinski definition) is 1. The van der Waals surface area contributed by atoms with Crippen molar-refractivity contribution in [3.63, 3.8) is 0 Å². The largest absolute Gasteiger partial charge is 0.396 e. The summed E-state index contributed by atoms with van der Waals surface area (Å²) < 4.78 is 1.80. The average molecular weight is 189 g/mol. The van der Waals surface area contributed by atoms with Crippen molar-refractivity contribution in [3.8, 4) is 0 Å². The molecule has 2 N–H and O–H groups in total. The first-order valence-corrected chi connectivity index (χ1v) is 4.32. The highest BCUT2D eigenvalue weighted by Crippen LogP contribution is 2.09. The summed E-state index contributed by atoms with van der Waals surface area (Å²) in [6, 6.07) is 3.76. The first kappa shape index (κ1) is 8.68. The van der Waals surface area contributed by atoms with Gasteiger partial charge in [0.25, 0.3) is 0 Å². The van der Waals surface area contributed by atoms with Gasteiger partial charge >= 0.3 is 0 Å². The molecule has 0 aliphatic carbocycles. The molecule has 5 nitrogen and oxygen atoms in total. The molecule has 2 aromatic heterocycles. The van der Waals surface area contributed by atoms with Gasteiger partial charge in [0.15, 0.2) is 0 Å². The maximum Gasteiger partial charge on any atom is 0.0854 e. The van der Waals surface area contributed by atoms with Crippen molar-refractivity contribution < 1.29 is 0 Å². The molecule has 0 unspecified atom stereocenters. The molecular formula is C9H11N5. The molecule has 72 valence electrons. The topological polar surface area (TPSA) is 69.6 Å². The van der Waals surface area contributed by atoms with E-state index >= 15 is 0 Å². The van der Waals surface area contributed by atoms with Crippen molar-refractivity contribution in [1.29, 1.82) is 0 Å². The van der Waals surface area contributed by atoms with E-state index in [1.807, 2.05) is 19.1 Å². The Morgan fingerprint density at radius 2 is 2.36 bits per heavy atom. The summed E-state index contributed by atoms with van der Waals surface area (Å²) in [6.45, 7) is 2.54. The van der Waals surface area contributed by atoms with E-state index in [4.69, 9.17) is 5.73 Å². The van der Waals surface area contributed by atoms with Gasteiger partial charge in [0.2, 0.25) is 0 Å². The van der Waals surface area contributed by atoms with Crippen molar-refractivity contribution in [1.82, 2.24) is 20.0 Å². The Balaban J connectivity index is 2.23. The van der Waals surface area contributed by atoms with E-state index in [-0.39, 0.29) is 0 Å². The zero-order valence-corrected chi connectivity index (χ0v) is 7.88. The lowest BCUT2D eigenvalue weighted by Crippen LogP contribution is -2.06. The van der Waals surface area contributed by atoms with Crippen LogP contribution < -0.4 is 5.73 Å². The molecule has 0 aliphatic rings. The number of rotatable bonds is 2. The van der Waals surface area contributed by atoms with Gasteiger partial charge in [0.1, 0.15) is 0 Å². The molecule has 14 heavy (non-hydrogen) atoms. The number of aromatic nitrogens is 4. The minimum atomic E-state index is 0.608. The van der Waals surface area contributed by atoms with Crippen LogP contribution in [0, 0.1) is 6.92 Å². The molecule has 0 aliphatic heterocycles. The lowest BCUT2D eigenvalue weighted by molar-refractivity contribution is 0.644. The minimum absolute atomic E-state index is 0.608. The molecular weight excluding hydrogens is 178 g/mol. The van der Waals surface area contributed by atoms with Gasteiger partial charge < -0.3 is 5.73 Å². The van der Waals surface area contributed by atoms with Gasteiger partial charge in [-0.15, -0.1) is 0 Å². The van der Waals surface area contributed by atoms with Crippen molar-refractivity contribution in [2.75, 3.05) is 5.73 Å². The summed E-state index contributed by atoms with van der Waals surface area (Å²) in [6.07, 6.45) is 3.29. The summed E-state index contributed by atoms with van der Waals surface area (Å²) in [5.74, 6) is 0. The van der Waals surface area contributed by atoms with E-state index < -0.39 is 0 Å². The Hall–Kier alpha value is -1.91. The molecule has 0 saturated heterocycles. The van der Waals surface area contributed by atoms with Gasteiger partial charge in [-0.2, -0.15) is 15.3 Å². The molecule has 0 bridgehead atoms. The first-order chi connectivity index (χ1) is 6.77. The second kappa shape index (κ2) is 3.45. The van der Waals surface area contributed by atoms with Gasteiger partial charge in [0.05, 0.1) is 29.8 Å². The van der Waals surface area contributed by atoms with E-state index in [2.05, 4.69) is 15.3 Å². The standard InChI is InChI=1S/C9H11N5/c1-7-9(10)5-12-14(7)6-8-3-2-4-11-13-8/h2-5H,6,10H2,1H3. The highest BCUT2D eigenvalue weighted by molar-refractivity contribution is 5.39. The van der Waals surface area contributed by atoms with Crippen molar-refractivity contribution in [3.05, 3.63) is 35.9 Å². The maximum absolute atomic E-state index is 5.67. The number of nitrogens with two attached hydrogens (primary N) is 1. The average Bonchev–Trinajstić information content (AvgIpc) is 2.52. The van der Waals surface area contributed by atoms with Crippen LogP contribution in [-0.2, 0) is 6.54 Å². The van der Waals surface area contributed by atoms with E-state index in [1.165, 1.54) is 0 Å². The number of nitrogens with zero attached hydrogens (tertiary/aromatic N) is 4. The second-order valence-corrected chi connectivity index (χ2v) is 3.06. The van der Waals surface area contributed by atoms with E-state index in [0.29, 0.717) is 12.2 Å². The summed E-state index contributed by atoms with van der Waals surface area (Å²) >= 11 is 0. The molecule has 0 radical (unpaired) electrons. The third-order valence-electron chi connectivity index (χ3n) is 2.08. The molecule has 2 rings (SSSR count). The molecule has 0 aromatic carbocycles. The summed E-state index contributed by atoms with van der Waals surface area (Å²) in [4.78, 5) is 0. The molecule has 0 atom stereocenters. The van der Waals surface area contributed by atoms with Gasteiger partial charge in [-0.05, 0) is 19.1 Å². The number of anilines is 1. The fourth-order valence-corrected chi connectivity index (χ4v) is 1.19. The molecule has 2 aromatic rings. The number of hydrogen-bond acceptors (Lipinski definition) is 4. The van der Waals surface area contributed by atoms with Crippen LogP contribution in [0.15, 0.2) is 24.5 Å². The summed E-state index contributed by atoms with van der Waals surface area (Å²) in [5, 5.41) is 11.9. The van der Waals surface area contributed by atoms with Crippen LogP contribution >= 0.6 is 0 Å². The van der Waals surface area contributed by atoms with Crippen LogP contribution in [0.3, 0.4) is 0 Å². The zero-order chi connectivity index (χ0) is 9.97. The van der Waals surface area contributed by atoms with Gasteiger partial charge in [0, 0.05) is 6.20 Å². The summed E-state index contributed by atoms with van der Waals surface area (Å²) in [7, 11) is 0. The molecule has 0 amide bonds. The Kier molecular flexibility index (Phi) is 2.14. The molecule has 0 saturated carbocycles. The Morgan fingerprint density at radius 3 is 2.93 bits per heavy atom. The van der Waals surface area contributed by atoms with Gasteiger partial charge in [-0.25, -0.2) is 0 Å². The first-order valence-electron chi connectivity index (χ1n) is 4.32. The Labute approximate surface area is 81.6 Å². The van der Waals surface area contributed by atoms with Crippen molar-refractivity contribution >= 4 is 5.69 Å². The molecule has 0 spiro atoms. The van der Waals surface area contributed by atoms with Crippen LogP contribution in [0.25, 0.3) is 0 Å². The van der Waals surface area contributed by atoms with E-state index in [9.17, 15) is 0 Å². The second-order valence-electron chi connectivity index (χ2n) is 3.06. The van der Waals surface area contributed by atoms with Crippen LogP contribution in [0.4, 0.5) is 5.69 Å². The lowest BCUT2D eigenvalue weighted by Gasteiger charge is -2.02. The normalized spacial score (nSPS) is 10.4. The van der Waals surface area contributed by atoms with Crippen molar-refractivity contribution in [2.45, 2.75) is 13.5 Å². The van der Waals surface area contributed by atoms with Crippen molar-refractivity contribution in [2.24, 2.45) is 0 Å². The van der Waals surface area contributed by atoms with E-state index in [0.717, 1.165) is 11.4 Å². The SMILES string of the molecule is Cc1c(N)cnn1Cc1cccnn1. The summed E-state index contributed by atoms with van der Waals surface area (Å²) in [5.41, 5.74) is 8.21. The number of nitrogen functional groups attached to an aromatic ring is 1.